The fourth-order valence-electron chi connectivity index (χ4n) is 6.64. The molecule has 0 saturated carbocycles. The molecule has 416 valence electrons. The first-order chi connectivity index (χ1) is 36.2. The van der Waals surface area contributed by atoms with Gasteiger partial charge in [0.2, 0.25) is 0 Å². The second kappa shape index (κ2) is 54.6. The van der Waals surface area contributed by atoms with Crippen LogP contribution in [0.3, 0.4) is 0 Å². The number of aliphatic hydroxyl groups is 1. The third-order valence-electron chi connectivity index (χ3n) is 10.8. The minimum atomic E-state index is -4.79. The van der Waals surface area contributed by atoms with Crippen molar-refractivity contribution in [1.82, 2.24) is 0 Å². The van der Waals surface area contributed by atoms with Gasteiger partial charge >= 0.3 is 25.7 Å². The van der Waals surface area contributed by atoms with E-state index < -0.39 is 57.8 Å². The summed E-state index contributed by atoms with van der Waals surface area (Å²) in [5, 5.41) is 9.78. The molecule has 0 rings (SSSR count). The summed E-state index contributed by atoms with van der Waals surface area (Å²) in [6.45, 7) is 4.13. The SMILES string of the molecule is CC/C=C\C/C=C\C/C=C\C/C=C\CCCCCCC(=O)OCC(COP(=O)(O)OCC(CO)OC(=O)CC/C=C\C/C=C\C/C=C\C/C=C\CC)OC(=O)CCCCCC/C=C\C/C=C\C/C=C\C/C=C\CC. The maximum absolute atomic E-state index is 12.9. The second-order valence-electron chi connectivity index (χ2n) is 17.6. The summed E-state index contributed by atoms with van der Waals surface area (Å²) in [5.41, 5.74) is 0. The van der Waals surface area contributed by atoms with E-state index in [4.69, 9.17) is 23.3 Å². The fraction of sp³-hybridized carbons (Fsp3) is 0.565. The summed E-state index contributed by atoms with van der Waals surface area (Å²) < 4.78 is 39.3. The molecule has 0 aromatic rings. The Kier molecular flexibility index (Phi) is 51.2. The lowest BCUT2D eigenvalue weighted by Gasteiger charge is -2.21. The number of hydrogen-bond acceptors (Lipinski definition) is 10. The van der Waals surface area contributed by atoms with Gasteiger partial charge < -0.3 is 24.2 Å². The molecule has 11 nitrogen and oxygen atoms in total. The molecule has 3 atom stereocenters. The van der Waals surface area contributed by atoms with Crippen LogP contribution >= 0.6 is 7.82 Å². The van der Waals surface area contributed by atoms with Gasteiger partial charge in [0.1, 0.15) is 12.7 Å². The molecule has 2 N–H and O–H groups in total. The Morgan fingerprint density at radius 1 is 0.378 bits per heavy atom. The van der Waals surface area contributed by atoms with Crippen molar-refractivity contribution in [3.63, 3.8) is 0 Å². The molecule has 3 unspecified atom stereocenters. The molecule has 0 fully saturated rings. The van der Waals surface area contributed by atoms with Crippen LogP contribution in [-0.2, 0) is 42.2 Å². The molecule has 0 aliphatic heterocycles. The monoisotopic (exact) mass is 1050 g/mol. The molecule has 0 amide bonds. The standard InChI is InChI=1S/C62H97O11P/c1-4-7-10-13-16-19-22-25-27-29-31-34-36-39-42-45-48-51-60(64)69-55-59(73-62(66)53-50-47-44-41-38-35-32-30-28-26-23-20-17-14-11-8-5-2)57-71-74(67,68)70-56-58(54-63)72-61(65)52-49-46-43-40-37-33-24-21-18-15-12-9-6-3/h7-12,16-21,25-28,31-35,37,43,46,58-59,63H,4-6,13-15,22-24,29-30,36,38-42,44-45,47-57H2,1-3H3,(H,67,68)/b10-7-,11-8-,12-9-,19-16-,20-17-,21-18-,27-25-,28-26-,34-31-,35-32-,37-33-,46-43-. The number of rotatable bonds is 49. The van der Waals surface area contributed by atoms with E-state index >= 15 is 0 Å². The summed E-state index contributed by atoms with van der Waals surface area (Å²) in [5.74, 6) is -1.63. The lowest BCUT2D eigenvalue weighted by atomic mass is 10.1. The third-order valence-corrected chi connectivity index (χ3v) is 11.7. The topological polar surface area (TPSA) is 155 Å². The minimum absolute atomic E-state index is 0.0441. The zero-order chi connectivity index (χ0) is 54.1. The molecule has 0 bridgehead atoms. The van der Waals surface area contributed by atoms with Crippen LogP contribution in [0.15, 0.2) is 146 Å². The second-order valence-corrected chi connectivity index (χ2v) is 19.1. The predicted molar refractivity (Wildman–Crippen MR) is 306 cm³/mol. The Morgan fingerprint density at radius 2 is 0.689 bits per heavy atom. The molecular formula is C62H97O11P. The molecule has 0 saturated heterocycles. The number of ether oxygens (including phenoxy) is 3. The summed E-state index contributed by atoms with van der Waals surface area (Å²) in [6, 6.07) is 0. The quantitative estimate of drug-likeness (QED) is 0.0197. The highest BCUT2D eigenvalue weighted by Crippen LogP contribution is 2.43. The number of allylic oxidation sites excluding steroid dienone is 24. The zero-order valence-corrected chi connectivity index (χ0v) is 46.6. The van der Waals surface area contributed by atoms with Crippen LogP contribution < -0.4 is 0 Å². The first kappa shape index (κ1) is 69.4. The largest absolute Gasteiger partial charge is 0.472 e. The van der Waals surface area contributed by atoms with Gasteiger partial charge in [0, 0.05) is 19.3 Å². The normalized spacial score (nSPS) is 14.5. The van der Waals surface area contributed by atoms with E-state index in [2.05, 4.69) is 148 Å². The van der Waals surface area contributed by atoms with Crippen molar-refractivity contribution in [2.45, 2.75) is 200 Å². The first-order valence-corrected chi connectivity index (χ1v) is 29.2. The van der Waals surface area contributed by atoms with E-state index in [0.717, 1.165) is 128 Å². The number of hydrogen-bond donors (Lipinski definition) is 2. The van der Waals surface area contributed by atoms with Gasteiger partial charge in [0.05, 0.1) is 19.8 Å². The van der Waals surface area contributed by atoms with Crippen molar-refractivity contribution in [3.8, 4) is 0 Å². The van der Waals surface area contributed by atoms with Crippen LogP contribution in [0.5, 0.6) is 0 Å². The van der Waals surface area contributed by atoms with E-state index in [1.807, 2.05) is 18.2 Å². The zero-order valence-electron chi connectivity index (χ0n) is 45.7. The molecule has 12 heteroatoms. The Bertz CT molecular complexity index is 1800. The smallest absolute Gasteiger partial charge is 0.462 e. The maximum atomic E-state index is 12.9. The highest BCUT2D eigenvalue weighted by molar-refractivity contribution is 7.47. The van der Waals surface area contributed by atoms with Gasteiger partial charge in [0.15, 0.2) is 6.10 Å². The van der Waals surface area contributed by atoms with Gasteiger partial charge in [-0.2, -0.15) is 0 Å². The summed E-state index contributed by atoms with van der Waals surface area (Å²) >= 11 is 0. The van der Waals surface area contributed by atoms with Crippen molar-refractivity contribution in [1.29, 1.82) is 0 Å². The highest BCUT2D eigenvalue weighted by Gasteiger charge is 2.28. The lowest BCUT2D eigenvalue weighted by Crippen LogP contribution is -2.30. The van der Waals surface area contributed by atoms with E-state index in [1.54, 1.807) is 0 Å². The maximum Gasteiger partial charge on any atom is 0.472 e. The van der Waals surface area contributed by atoms with Crippen LogP contribution in [0, 0.1) is 0 Å². The van der Waals surface area contributed by atoms with Crippen LogP contribution in [0.2, 0.25) is 0 Å². The molecule has 0 radical (unpaired) electrons. The number of carbonyl (C=O) groups is 3. The molecule has 0 heterocycles. The third kappa shape index (κ3) is 52.2. The van der Waals surface area contributed by atoms with Gasteiger partial charge in [0.25, 0.3) is 0 Å². The number of esters is 3. The van der Waals surface area contributed by atoms with Crippen LogP contribution in [0.25, 0.3) is 0 Å². The molecule has 74 heavy (non-hydrogen) atoms. The molecule has 0 spiro atoms. The molecule has 0 aliphatic carbocycles. The van der Waals surface area contributed by atoms with Gasteiger partial charge in [-0.05, 0) is 122 Å². The number of unbranched alkanes of at least 4 members (excludes halogenated alkanes) is 8. The van der Waals surface area contributed by atoms with Crippen molar-refractivity contribution >= 4 is 25.7 Å². The van der Waals surface area contributed by atoms with Gasteiger partial charge in [-0.15, -0.1) is 0 Å². The average Bonchev–Trinajstić information content (AvgIpc) is 3.39. The summed E-state index contributed by atoms with van der Waals surface area (Å²) in [4.78, 5) is 48.5. The number of phosphoric acid groups is 1. The molecule has 0 aromatic heterocycles. The number of carbonyl (C=O) groups excluding carboxylic acids is 3. The van der Waals surface area contributed by atoms with Crippen molar-refractivity contribution in [3.05, 3.63) is 146 Å². The molecule has 0 aliphatic rings. The van der Waals surface area contributed by atoms with E-state index in [-0.39, 0.29) is 25.9 Å². The van der Waals surface area contributed by atoms with Crippen molar-refractivity contribution in [2.24, 2.45) is 0 Å². The highest BCUT2D eigenvalue weighted by atomic mass is 31.2. The number of aliphatic hydroxyl groups excluding tert-OH is 1. The summed E-state index contributed by atoms with van der Waals surface area (Å²) in [6.07, 6.45) is 69.7. The lowest BCUT2D eigenvalue weighted by molar-refractivity contribution is -0.161. The van der Waals surface area contributed by atoms with Crippen LogP contribution in [0.4, 0.5) is 0 Å². The van der Waals surface area contributed by atoms with E-state index in [0.29, 0.717) is 19.3 Å². The Balaban J connectivity index is 4.91. The van der Waals surface area contributed by atoms with Crippen molar-refractivity contribution in [2.75, 3.05) is 26.4 Å². The first-order valence-electron chi connectivity index (χ1n) is 27.7. The van der Waals surface area contributed by atoms with E-state index in [9.17, 15) is 28.9 Å². The van der Waals surface area contributed by atoms with Crippen molar-refractivity contribution < 1.29 is 52.2 Å². The Hall–Kier alpha value is -4.64. The van der Waals surface area contributed by atoms with Gasteiger partial charge in [-0.1, -0.05) is 192 Å². The summed E-state index contributed by atoms with van der Waals surface area (Å²) in [7, 11) is -4.79. The molecular weight excluding hydrogens is 952 g/mol. The Labute approximate surface area is 448 Å². The molecule has 0 aromatic carbocycles. The van der Waals surface area contributed by atoms with Gasteiger partial charge in [-0.3, -0.25) is 23.4 Å². The predicted octanol–water partition coefficient (Wildman–Crippen LogP) is 16.4. The fourth-order valence-corrected chi connectivity index (χ4v) is 7.43. The average molecular weight is 1050 g/mol. The van der Waals surface area contributed by atoms with Gasteiger partial charge in [-0.25, -0.2) is 4.57 Å². The van der Waals surface area contributed by atoms with E-state index in [1.165, 1.54) is 0 Å². The minimum Gasteiger partial charge on any atom is -0.462 e. The van der Waals surface area contributed by atoms with Crippen LogP contribution in [0.1, 0.15) is 188 Å². The Morgan fingerprint density at radius 3 is 1.08 bits per heavy atom. The van der Waals surface area contributed by atoms with Crippen LogP contribution in [-0.4, -0.2) is 66.5 Å². The number of phosphoric ester groups is 1.